The van der Waals surface area contributed by atoms with E-state index in [0.717, 1.165) is 0 Å². The van der Waals surface area contributed by atoms with E-state index in [1.54, 1.807) is 6.92 Å². The molecule has 0 saturated heterocycles. The van der Waals surface area contributed by atoms with E-state index < -0.39 is 54.0 Å². The summed E-state index contributed by atoms with van der Waals surface area (Å²) in [4.78, 5) is 53.7. The molecule has 11 N–H and O–H groups in total. The first-order valence-electron chi connectivity index (χ1n) is 11.9. The number of aliphatic hydroxyl groups excluding tert-OH is 1. The maximum atomic E-state index is 13.0. The summed E-state index contributed by atoms with van der Waals surface area (Å²) in [5.41, 5.74) is 16.5. The maximum absolute atomic E-state index is 13.0. The number of nitrogens with one attached hydrogen (secondary N) is 3. The van der Waals surface area contributed by atoms with Gasteiger partial charge in [-0.05, 0) is 31.6 Å². The largest absolute Gasteiger partial charge is 0.480 e. The molecule has 0 aliphatic carbocycles. The Kier molecular flexibility index (Phi) is 14.5. The van der Waals surface area contributed by atoms with E-state index in [2.05, 4.69) is 20.9 Å². The van der Waals surface area contributed by atoms with Gasteiger partial charge in [-0.15, -0.1) is 0 Å². The van der Waals surface area contributed by atoms with Crippen LogP contribution in [0.1, 0.15) is 60.3 Å². The van der Waals surface area contributed by atoms with Gasteiger partial charge in [0.15, 0.2) is 5.96 Å². The topological polar surface area (TPSA) is 235 Å². The summed E-state index contributed by atoms with van der Waals surface area (Å²) >= 11 is 0. The van der Waals surface area contributed by atoms with Crippen LogP contribution in [-0.4, -0.2) is 76.7 Å². The molecule has 0 aromatic carbocycles. The lowest BCUT2D eigenvalue weighted by Gasteiger charge is -2.29. The zero-order chi connectivity index (χ0) is 27.3. The molecule has 13 heteroatoms. The van der Waals surface area contributed by atoms with Gasteiger partial charge < -0.3 is 43.4 Å². The zero-order valence-electron chi connectivity index (χ0n) is 21.3. The molecule has 0 aromatic rings. The molecule has 0 aliphatic rings. The van der Waals surface area contributed by atoms with Gasteiger partial charge in [-0.25, -0.2) is 4.79 Å². The molecule has 7 atom stereocenters. The number of guanidine groups is 1. The number of aliphatic hydroxyl groups is 1. The van der Waals surface area contributed by atoms with Crippen molar-refractivity contribution in [3.05, 3.63) is 0 Å². The van der Waals surface area contributed by atoms with Crippen molar-refractivity contribution in [2.24, 2.45) is 34.0 Å². The van der Waals surface area contributed by atoms with Crippen molar-refractivity contribution >= 4 is 29.7 Å². The highest BCUT2D eigenvalue weighted by molar-refractivity contribution is 5.94. The van der Waals surface area contributed by atoms with Gasteiger partial charge >= 0.3 is 5.97 Å². The highest BCUT2D eigenvalue weighted by Crippen LogP contribution is 2.12. The highest BCUT2D eigenvalue weighted by Gasteiger charge is 2.34. The number of carbonyl (C=O) groups excluding carboxylic acids is 3. The Balaban J connectivity index is 5.45. The monoisotopic (exact) mass is 501 g/mol. The lowest BCUT2D eigenvalue weighted by atomic mass is 9.95. The molecule has 202 valence electrons. The minimum atomic E-state index is -1.45. The number of rotatable bonds is 16. The molecule has 7 unspecified atom stereocenters. The average Bonchev–Trinajstić information content (AvgIpc) is 2.80. The predicted octanol–water partition coefficient (Wildman–Crippen LogP) is -1.62. The minimum Gasteiger partial charge on any atom is -0.480 e. The van der Waals surface area contributed by atoms with Gasteiger partial charge in [0.1, 0.15) is 18.1 Å². The molecule has 13 nitrogen and oxygen atoms in total. The molecule has 0 heterocycles. The normalized spacial score (nSPS) is 17.0. The molecular weight excluding hydrogens is 458 g/mol. The number of nitrogens with zero attached hydrogens (tertiary/aromatic N) is 1. The minimum absolute atomic E-state index is 0.0252. The third kappa shape index (κ3) is 11.4. The summed E-state index contributed by atoms with van der Waals surface area (Å²) in [6, 6.07) is -4.56. The Morgan fingerprint density at radius 2 is 1.37 bits per heavy atom. The summed E-state index contributed by atoms with van der Waals surface area (Å²) < 4.78 is 0. The average molecular weight is 502 g/mol. The summed E-state index contributed by atoms with van der Waals surface area (Å²) in [5, 5.41) is 27.0. The van der Waals surface area contributed by atoms with Crippen molar-refractivity contribution in [2.75, 3.05) is 6.54 Å². The second-order valence-corrected chi connectivity index (χ2v) is 8.86. The number of carboxylic acid groups (broad SMARTS) is 1. The molecule has 0 rings (SSSR count). The van der Waals surface area contributed by atoms with E-state index in [-0.39, 0.29) is 37.2 Å². The van der Waals surface area contributed by atoms with E-state index in [4.69, 9.17) is 17.2 Å². The van der Waals surface area contributed by atoms with Crippen LogP contribution in [0.3, 0.4) is 0 Å². The van der Waals surface area contributed by atoms with Crippen molar-refractivity contribution in [3.8, 4) is 0 Å². The Hall–Kier alpha value is -2.93. The van der Waals surface area contributed by atoms with E-state index in [9.17, 15) is 29.4 Å². The third-order valence-corrected chi connectivity index (χ3v) is 5.98. The van der Waals surface area contributed by atoms with Crippen LogP contribution in [0.4, 0.5) is 0 Å². The summed E-state index contributed by atoms with van der Waals surface area (Å²) in [7, 11) is 0. The van der Waals surface area contributed by atoms with Crippen LogP contribution in [0, 0.1) is 11.8 Å². The fraction of sp³-hybridized carbons (Fsp3) is 0.773. The molecule has 0 aromatic heterocycles. The molecule has 0 saturated carbocycles. The number of hydrogen-bond donors (Lipinski definition) is 8. The van der Waals surface area contributed by atoms with Crippen LogP contribution >= 0.6 is 0 Å². The number of aliphatic carboxylic acids is 1. The number of carboxylic acids is 1. The van der Waals surface area contributed by atoms with Crippen LogP contribution in [-0.2, 0) is 19.2 Å². The van der Waals surface area contributed by atoms with Gasteiger partial charge in [0.25, 0.3) is 0 Å². The van der Waals surface area contributed by atoms with Crippen molar-refractivity contribution in [1.82, 2.24) is 16.0 Å². The fourth-order valence-electron chi connectivity index (χ4n) is 3.13. The smallest absolute Gasteiger partial charge is 0.326 e. The number of hydrogen-bond acceptors (Lipinski definition) is 7. The summed E-state index contributed by atoms with van der Waals surface area (Å²) in [6.45, 7) is 8.78. The predicted molar refractivity (Wildman–Crippen MR) is 132 cm³/mol. The first kappa shape index (κ1) is 32.1. The molecule has 0 aliphatic heterocycles. The number of nitrogens with two attached hydrogens (primary N) is 3. The van der Waals surface area contributed by atoms with Crippen LogP contribution in [0.25, 0.3) is 0 Å². The van der Waals surface area contributed by atoms with E-state index in [0.29, 0.717) is 12.8 Å². The van der Waals surface area contributed by atoms with E-state index in [1.165, 1.54) is 6.92 Å². The second-order valence-electron chi connectivity index (χ2n) is 8.86. The standard InChI is InChI=1S/C22H43N7O6/c1-6-11(3)15(23)18(31)28-16(12(4)7-2)19(32)29-17(13(5)30)20(33)27-14(21(34)35)9-8-10-26-22(24)25/h11-17,30H,6-10,23H2,1-5H3,(H,27,33)(H,28,31)(H,29,32)(H,34,35)(H4,24,25,26). The van der Waals surface area contributed by atoms with Crippen LogP contribution in [0.5, 0.6) is 0 Å². The highest BCUT2D eigenvalue weighted by atomic mass is 16.4. The first-order chi connectivity index (χ1) is 16.3. The Labute approximate surface area is 206 Å². The SMILES string of the molecule is CCC(C)C(N)C(=O)NC(C(=O)NC(C(=O)NC(CCCN=C(N)N)C(=O)O)C(C)O)C(C)CC. The van der Waals surface area contributed by atoms with Gasteiger partial charge in [0.2, 0.25) is 17.7 Å². The Morgan fingerprint density at radius 1 is 0.857 bits per heavy atom. The molecule has 0 fully saturated rings. The lowest BCUT2D eigenvalue weighted by molar-refractivity contribution is -0.143. The van der Waals surface area contributed by atoms with Crippen LogP contribution < -0.4 is 33.2 Å². The molecule has 0 spiro atoms. The molecule has 35 heavy (non-hydrogen) atoms. The van der Waals surface area contributed by atoms with Crippen molar-refractivity contribution in [2.45, 2.75) is 90.6 Å². The molecule has 3 amide bonds. The fourth-order valence-corrected chi connectivity index (χ4v) is 3.13. The van der Waals surface area contributed by atoms with Crippen LogP contribution in [0.15, 0.2) is 4.99 Å². The Bertz CT molecular complexity index is 742. The van der Waals surface area contributed by atoms with E-state index >= 15 is 0 Å². The molecular formula is C22H43N7O6. The van der Waals surface area contributed by atoms with Gasteiger partial charge in [-0.1, -0.05) is 40.5 Å². The quantitative estimate of drug-likeness (QED) is 0.0688. The maximum Gasteiger partial charge on any atom is 0.326 e. The number of aliphatic imine (C=N–C) groups is 1. The van der Waals surface area contributed by atoms with Gasteiger partial charge in [0.05, 0.1) is 12.1 Å². The van der Waals surface area contributed by atoms with E-state index in [1.807, 2.05) is 20.8 Å². The zero-order valence-corrected chi connectivity index (χ0v) is 21.3. The lowest BCUT2D eigenvalue weighted by Crippen LogP contribution is -2.61. The third-order valence-electron chi connectivity index (χ3n) is 5.98. The van der Waals surface area contributed by atoms with Crippen molar-refractivity contribution in [3.63, 3.8) is 0 Å². The molecule has 0 bridgehead atoms. The summed E-state index contributed by atoms with van der Waals surface area (Å²) in [6.07, 6.45) is 0.178. The molecule has 0 radical (unpaired) electrons. The van der Waals surface area contributed by atoms with Gasteiger partial charge in [0, 0.05) is 6.54 Å². The summed E-state index contributed by atoms with van der Waals surface area (Å²) in [5.74, 6) is -3.90. The number of carbonyl (C=O) groups is 4. The van der Waals surface area contributed by atoms with Gasteiger partial charge in [-0.2, -0.15) is 0 Å². The number of amides is 3. The van der Waals surface area contributed by atoms with Crippen molar-refractivity contribution < 1.29 is 29.4 Å². The Morgan fingerprint density at radius 3 is 1.83 bits per heavy atom. The van der Waals surface area contributed by atoms with Gasteiger partial charge in [-0.3, -0.25) is 19.4 Å². The first-order valence-corrected chi connectivity index (χ1v) is 11.9. The van der Waals surface area contributed by atoms with Crippen LogP contribution in [0.2, 0.25) is 0 Å². The second kappa shape index (κ2) is 15.9. The van der Waals surface area contributed by atoms with Crippen molar-refractivity contribution in [1.29, 1.82) is 0 Å².